The van der Waals surface area contributed by atoms with Gasteiger partial charge in [0.05, 0.1) is 0 Å². The highest BCUT2D eigenvalue weighted by Gasteiger charge is 2.19. The standard InChI is InChI=1S/C68H130O6/c1-4-7-10-13-15-17-19-21-23-25-26-27-28-29-30-31-32-33-34-35-36-37-38-39-40-41-42-43-45-46-48-50-52-55-58-61-67(70)73-64-65(63-72-66(69)60-57-54-12-9-6-3)74-68(71)62-59-56-53-51-49-47-44-24-22-20-18-16-14-11-8-5-2/h24,44,65H,4-23,25-43,45-64H2,1-3H3/b44-24-. The lowest BCUT2D eigenvalue weighted by Crippen LogP contribution is -2.30. The minimum Gasteiger partial charge on any atom is -0.462 e. The summed E-state index contributed by atoms with van der Waals surface area (Å²) in [4.78, 5) is 37.9. The van der Waals surface area contributed by atoms with E-state index < -0.39 is 6.10 Å². The largest absolute Gasteiger partial charge is 0.462 e. The van der Waals surface area contributed by atoms with Crippen molar-refractivity contribution in [1.82, 2.24) is 0 Å². The minimum atomic E-state index is -0.767. The van der Waals surface area contributed by atoms with E-state index in [1.807, 2.05) is 0 Å². The summed E-state index contributed by atoms with van der Waals surface area (Å²) in [5.41, 5.74) is 0. The van der Waals surface area contributed by atoms with E-state index in [0.29, 0.717) is 19.3 Å². The lowest BCUT2D eigenvalue weighted by Gasteiger charge is -2.18. The van der Waals surface area contributed by atoms with Gasteiger partial charge in [0.1, 0.15) is 13.2 Å². The van der Waals surface area contributed by atoms with E-state index in [1.54, 1.807) is 0 Å². The third kappa shape index (κ3) is 61.0. The van der Waals surface area contributed by atoms with E-state index in [2.05, 4.69) is 32.9 Å². The number of carbonyl (C=O) groups excluding carboxylic acids is 3. The first-order valence-corrected chi connectivity index (χ1v) is 33.7. The third-order valence-corrected chi connectivity index (χ3v) is 15.5. The number of ether oxygens (including phenoxy) is 3. The van der Waals surface area contributed by atoms with Gasteiger partial charge in [-0.2, -0.15) is 0 Å². The molecule has 0 aliphatic rings. The van der Waals surface area contributed by atoms with Crippen LogP contribution in [-0.4, -0.2) is 37.2 Å². The van der Waals surface area contributed by atoms with E-state index in [9.17, 15) is 14.4 Å². The number of esters is 3. The number of hydrogen-bond acceptors (Lipinski definition) is 6. The van der Waals surface area contributed by atoms with E-state index in [1.165, 1.54) is 276 Å². The first kappa shape index (κ1) is 72.2. The molecule has 0 bridgehead atoms. The summed E-state index contributed by atoms with van der Waals surface area (Å²) in [6.45, 7) is 6.61. The van der Waals surface area contributed by atoms with Crippen LogP contribution in [0.1, 0.15) is 387 Å². The van der Waals surface area contributed by atoms with Crippen molar-refractivity contribution in [2.24, 2.45) is 0 Å². The molecule has 438 valence electrons. The van der Waals surface area contributed by atoms with Crippen molar-refractivity contribution in [1.29, 1.82) is 0 Å². The van der Waals surface area contributed by atoms with Gasteiger partial charge in [0.25, 0.3) is 0 Å². The number of rotatable bonds is 63. The van der Waals surface area contributed by atoms with Crippen molar-refractivity contribution >= 4 is 17.9 Å². The highest BCUT2D eigenvalue weighted by molar-refractivity contribution is 5.71. The Bertz CT molecular complexity index is 1150. The molecule has 0 saturated carbocycles. The number of allylic oxidation sites excluding steroid dienone is 2. The molecular weight excluding hydrogens is 913 g/mol. The third-order valence-electron chi connectivity index (χ3n) is 15.5. The maximum Gasteiger partial charge on any atom is 0.306 e. The van der Waals surface area contributed by atoms with Gasteiger partial charge in [-0.1, -0.05) is 335 Å². The van der Waals surface area contributed by atoms with Crippen molar-refractivity contribution in [3.8, 4) is 0 Å². The highest BCUT2D eigenvalue weighted by Crippen LogP contribution is 2.19. The SMILES string of the molecule is CCCCCCCCC/C=C\CCCCCCCC(=O)OC(COC(=O)CCCCCCC)COC(=O)CCCCCCCCCCCCCCCCCCCCCCCCCCCCCCCCCCCCC. The van der Waals surface area contributed by atoms with Crippen LogP contribution >= 0.6 is 0 Å². The van der Waals surface area contributed by atoms with Crippen LogP contribution in [0.2, 0.25) is 0 Å². The minimum absolute atomic E-state index is 0.0689. The molecular formula is C68H130O6. The Morgan fingerprint density at radius 2 is 0.446 bits per heavy atom. The average molecular weight is 1040 g/mol. The molecule has 0 spiro atoms. The molecule has 0 N–H and O–H groups in total. The Morgan fingerprint density at radius 3 is 0.676 bits per heavy atom. The fraction of sp³-hybridized carbons (Fsp3) is 0.926. The van der Waals surface area contributed by atoms with Gasteiger partial charge in [0.2, 0.25) is 0 Å². The molecule has 0 aliphatic heterocycles. The first-order chi connectivity index (χ1) is 36.5. The molecule has 0 rings (SSSR count). The Labute approximate surface area is 462 Å². The summed E-state index contributed by atoms with van der Waals surface area (Å²) in [6, 6.07) is 0. The maximum absolute atomic E-state index is 12.8. The zero-order chi connectivity index (χ0) is 53.6. The van der Waals surface area contributed by atoms with E-state index in [4.69, 9.17) is 14.2 Å². The lowest BCUT2D eigenvalue weighted by molar-refractivity contribution is -0.167. The first-order valence-electron chi connectivity index (χ1n) is 33.7. The molecule has 0 aromatic rings. The van der Waals surface area contributed by atoms with Crippen LogP contribution in [0.15, 0.2) is 12.2 Å². The Hall–Kier alpha value is -1.85. The van der Waals surface area contributed by atoms with Gasteiger partial charge in [-0.05, 0) is 44.9 Å². The summed E-state index contributed by atoms with van der Waals surface area (Å²) in [6.07, 6.45) is 76.0. The van der Waals surface area contributed by atoms with Crippen molar-refractivity contribution in [2.75, 3.05) is 13.2 Å². The second-order valence-electron chi connectivity index (χ2n) is 23.1. The van der Waals surface area contributed by atoms with E-state index in [-0.39, 0.29) is 31.1 Å². The van der Waals surface area contributed by atoms with E-state index >= 15 is 0 Å². The molecule has 0 aromatic heterocycles. The van der Waals surface area contributed by atoms with Crippen molar-refractivity contribution in [3.63, 3.8) is 0 Å². The molecule has 74 heavy (non-hydrogen) atoms. The fourth-order valence-electron chi connectivity index (χ4n) is 10.4. The van der Waals surface area contributed by atoms with Gasteiger partial charge in [-0.15, -0.1) is 0 Å². The molecule has 0 aliphatic carbocycles. The quantitative estimate of drug-likeness (QED) is 0.0261. The molecule has 1 unspecified atom stereocenters. The van der Waals surface area contributed by atoms with Crippen LogP contribution in [0.4, 0.5) is 0 Å². The molecule has 0 radical (unpaired) electrons. The van der Waals surface area contributed by atoms with Gasteiger partial charge < -0.3 is 14.2 Å². The lowest BCUT2D eigenvalue weighted by atomic mass is 10.0. The van der Waals surface area contributed by atoms with Gasteiger partial charge >= 0.3 is 17.9 Å². The zero-order valence-corrected chi connectivity index (χ0v) is 50.4. The predicted octanol–water partition coefficient (Wildman–Crippen LogP) is 22.8. The zero-order valence-electron chi connectivity index (χ0n) is 50.4. The topological polar surface area (TPSA) is 78.9 Å². The Balaban J connectivity index is 3.82. The van der Waals surface area contributed by atoms with Crippen molar-refractivity contribution < 1.29 is 28.6 Å². The van der Waals surface area contributed by atoms with Crippen LogP contribution in [0, 0.1) is 0 Å². The summed E-state index contributed by atoms with van der Waals surface area (Å²) in [5.74, 6) is -0.869. The summed E-state index contributed by atoms with van der Waals surface area (Å²) < 4.78 is 16.8. The van der Waals surface area contributed by atoms with Crippen LogP contribution < -0.4 is 0 Å². The molecule has 0 heterocycles. The van der Waals surface area contributed by atoms with E-state index in [0.717, 1.165) is 70.6 Å². The van der Waals surface area contributed by atoms with Gasteiger partial charge in [-0.25, -0.2) is 0 Å². The van der Waals surface area contributed by atoms with Gasteiger partial charge in [-0.3, -0.25) is 14.4 Å². The second kappa shape index (κ2) is 63.7. The van der Waals surface area contributed by atoms with Crippen molar-refractivity contribution in [2.45, 2.75) is 393 Å². The fourth-order valence-corrected chi connectivity index (χ4v) is 10.4. The number of unbranched alkanes of at least 4 members (excludes halogenated alkanes) is 50. The normalized spacial score (nSPS) is 12.0. The Kier molecular flexibility index (Phi) is 62.1. The van der Waals surface area contributed by atoms with Gasteiger partial charge in [0, 0.05) is 19.3 Å². The molecule has 1 atom stereocenters. The smallest absolute Gasteiger partial charge is 0.306 e. The summed E-state index contributed by atoms with van der Waals surface area (Å²) >= 11 is 0. The van der Waals surface area contributed by atoms with Crippen molar-refractivity contribution in [3.05, 3.63) is 12.2 Å². The van der Waals surface area contributed by atoms with Crippen LogP contribution in [0.3, 0.4) is 0 Å². The average Bonchev–Trinajstić information content (AvgIpc) is 3.40. The predicted molar refractivity (Wildman–Crippen MR) is 321 cm³/mol. The van der Waals surface area contributed by atoms with Gasteiger partial charge in [0.15, 0.2) is 6.10 Å². The molecule has 0 amide bonds. The monoisotopic (exact) mass is 1040 g/mol. The molecule has 0 saturated heterocycles. The molecule has 0 fully saturated rings. The Morgan fingerprint density at radius 1 is 0.257 bits per heavy atom. The van der Waals surface area contributed by atoms with Crippen LogP contribution in [-0.2, 0) is 28.6 Å². The second-order valence-corrected chi connectivity index (χ2v) is 23.1. The highest BCUT2D eigenvalue weighted by atomic mass is 16.6. The molecule has 6 heteroatoms. The molecule has 6 nitrogen and oxygen atoms in total. The number of hydrogen-bond donors (Lipinski definition) is 0. The summed E-state index contributed by atoms with van der Waals surface area (Å²) in [5, 5.41) is 0. The molecule has 0 aromatic carbocycles. The summed E-state index contributed by atoms with van der Waals surface area (Å²) in [7, 11) is 0. The van der Waals surface area contributed by atoms with Crippen LogP contribution in [0.25, 0.3) is 0 Å². The van der Waals surface area contributed by atoms with Crippen LogP contribution in [0.5, 0.6) is 0 Å². The maximum atomic E-state index is 12.8. The number of carbonyl (C=O) groups is 3.